The standard InChI is InChI=1S/C20H28N6O/c21-20-16-6-2-3-7-17(16)22-18(23-20)14-24-10-12-25(13-11-24)15-19(27)26-8-4-1-5-9-26/h2-3,6-7H,1,4-5,8-15H2,(H2,21,22,23). The Balaban J connectivity index is 1.30. The lowest BCUT2D eigenvalue weighted by atomic mass is 10.1. The highest BCUT2D eigenvalue weighted by Gasteiger charge is 2.23. The number of aromatic nitrogens is 2. The van der Waals surface area contributed by atoms with Crippen LogP contribution in [-0.4, -0.2) is 76.4 Å². The molecule has 2 aromatic rings. The van der Waals surface area contributed by atoms with Crippen LogP contribution in [0.1, 0.15) is 25.1 Å². The van der Waals surface area contributed by atoms with Gasteiger partial charge in [-0.25, -0.2) is 9.97 Å². The molecule has 0 saturated carbocycles. The minimum Gasteiger partial charge on any atom is -0.383 e. The predicted molar refractivity (Wildman–Crippen MR) is 106 cm³/mol. The fourth-order valence-corrected chi connectivity index (χ4v) is 3.96. The molecular weight excluding hydrogens is 340 g/mol. The van der Waals surface area contributed by atoms with Crippen LogP contribution in [0.15, 0.2) is 24.3 Å². The normalized spacial score (nSPS) is 19.5. The van der Waals surface area contributed by atoms with Gasteiger partial charge in [-0.15, -0.1) is 0 Å². The zero-order chi connectivity index (χ0) is 18.6. The summed E-state index contributed by atoms with van der Waals surface area (Å²) in [7, 11) is 0. The zero-order valence-electron chi connectivity index (χ0n) is 15.8. The van der Waals surface area contributed by atoms with E-state index in [-0.39, 0.29) is 5.91 Å². The number of nitrogens with zero attached hydrogens (tertiary/aromatic N) is 5. The Morgan fingerprint density at radius 1 is 0.926 bits per heavy atom. The van der Waals surface area contributed by atoms with Gasteiger partial charge in [0.05, 0.1) is 18.6 Å². The number of carbonyl (C=O) groups excluding carboxylic acids is 1. The maximum absolute atomic E-state index is 12.4. The monoisotopic (exact) mass is 368 g/mol. The van der Waals surface area contributed by atoms with E-state index in [1.54, 1.807) is 0 Å². The molecule has 0 bridgehead atoms. The predicted octanol–water partition coefficient (Wildman–Crippen LogP) is 1.34. The number of hydrogen-bond acceptors (Lipinski definition) is 6. The summed E-state index contributed by atoms with van der Waals surface area (Å²) in [5.74, 6) is 1.60. The molecule has 0 spiro atoms. The van der Waals surface area contributed by atoms with Crippen molar-refractivity contribution in [2.45, 2.75) is 25.8 Å². The summed E-state index contributed by atoms with van der Waals surface area (Å²) >= 11 is 0. The first kappa shape index (κ1) is 18.1. The number of hydrogen-bond donors (Lipinski definition) is 1. The molecule has 0 aliphatic carbocycles. The molecule has 1 aromatic heterocycles. The van der Waals surface area contributed by atoms with E-state index >= 15 is 0 Å². The van der Waals surface area contributed by atoms with Gasteiger partial charge in [0, 0.05) is 44.7 Å². The number of fused-ring (bicyclic) bond motifs is 1. The lowest BCUT2D eigenvalue weighted by Gasteiger charge is -2.35. The SMILES string of the molecule is Nc1nc(CN2CCN(CC(=O)N3CCCCC3)CC2)nc2ccccc12. The molecule has 27 heavy (non-hydrogen) atoms. The Labute approximate surface area is 160 Å². The van der Waals surface area contributed by atoms with Gasteiger partial charge >= 0.3 is 0 Å². The molecule has 2 N–H and O–H groups in total. The van der Waals surface area contributed by atoms with Gasteiger partial charge in [-0.2, -0.15) is 0 Å². The third-order valence-electron chi connectivity index (χ3n) is 5.58. The van der Waals surface area contributed by atoms with E-state index in [4.69, 9.17) is 5.73 Å². The van der Waals surface area contributed by atoms with Gasteiger partial charge < -0.3 is 10.6 Å². The van der Waals surface area contributed by atoms with Gasteiger partial charge in [0.1, 0.15) is 11.6 Å². The van der Waals surface area contributed by atoms with Gasteiger partial charge in [0.25, 0.3) is 0 Å². The minimum absolute atomic E-state index is 0.286. The Morgan fingerprint density at radius 2 is 1.63 bits per heavy atom. The largest absolute Gasteiger partial charge is 0.383 e. The summed E-state index contributed by atoms with van der Waals surface area (Å²) in [6.45, 7) is 6.76. The highest BCUT2D eigenvalue weighted by molar-refractivity contribution is 5.87. The van der Waals surface area contributed by atoms with Gasteiger partial charge in [-0.05, 0) is 31.4 Å². The second kappa shape index (κ2) is 8.19. The Morgan fingerprint density at radius 3 is 2.41 bits per heavy atom. The van der Waals surface area contributed by atoms with E-state index in [0.29, 0.717) is 18.9 Å². The molecule has 0 radical (unpaired) electrons. The molecule has 7 heteroatoms. The molecule has 3 heterocycles. The molecule has 7 nitrogen and oxygen atoms in total. The van der Waals surface area contributed by atoms with Crippen molar-refractivity contribution < 1.29 is 4.79 Å². The van der Waals surface area contributed by atoms with E-state index in [0.717, 1.165) is 68.8 Å². The van der Waals surface area contributed by atoms with Crippen LogP contribution in [0, 0.1) is 0 Å². The van der Waals surface area contributed by atoms with Gasteiger partial charge in [0.2, 0.25) is 5.91 Å². The minimum atomic E-state index is 0.286. The van der Waals surface area contributed by atoms with E-state index < -0.39 is 0 Å². The number of anilines is 1. The van der Waals surface area contributed by atoms with Gasteiger partial charge in [-0.3, -0.25) is 14.6 Å². The van der Waals surface area contributed by atoms with Crippen LogP contribution in [0.3, 0.4) is 0 Å². The topological polar surface area (TPSA) is 78.6 Å². The number of carbonyl (C=O) groups is 1. The molecule has 0 atom stereocenters. The number of piperidine rings is 1. The molecule has 2 aliphatic rings. The first-order valence-electron chi connectivity index (χ1n) is 9.93. The third kappa shape index (κ3) is 4.36. The molecule has 0 unspecified atom stereocenters. The number of likely N-dealkylation sites (tertiary alicyclic amines) is 1. The van der Waals surface area contributed by atoms with Crippen LogP contribution >= 0.6 is 0 Å². The lowest BCUT2D eigenvalue weighted by Crippen LogP contribution is -2.50. The third-order valence-corrected chi connectivity index (χ3v) is 5.58. The quantitative estimate of drug-likeness (QED) is 0.877. The highest BCUT2D eigenvalue weighted by Crippen LogP contribution is 2.18. The number of para-hydroxylation sites is 1. The van der Waals surface area contributed by atoms with Gasteiger partial charge in [0.15, 0.2) is 0 Å². The van der Waals surface area contributed by atoms with Crippen molar-refractivity contribution in [1.29, 1.82) is 0 Å². The van der Waals surface area contributed by atoms with Crippen molar-refractivity contribution >= 4 is 22.6 Å². The average molecular weight is 368 g/mol. The molecule has 2 aliphatic heterocycles. The second-order valence-corrected chi connectivity index (χ2v) is 7.54. The van der Waals surface area contributed by atoms with Crippen LogP contribution in [0.2, 0.25) is 0 Å². The molecule has 1 amide bonds. The first-order chi connectivity index (χ1) is 13.2. The summed E-state index contributed by atoms with van der Waals surface area (Å²) in [5.41, 5.74) is 6.98. The average Bonchev–Trinajstić information content (AvgIpc) is 2.70. The molecule has 2 saturated heterocycles. The van der Waals surface area contributed by atoms with Crippen LogP contribution in [-0.2, 0) is 11.3 Å². The number of amides is 1. The highest BCUT2D eigenvalue weighted by atomic mass is 16.2. The van der Waals surface area contributed by atoms with Crippen molar-refractivity contribution in [2.75, 3.05) is 51.5 Å². The number of rotatable bonds is 4. The number of nitrogens with two attached hydrogens (primary N) is 1. The van der Waals surface area contributed by atoms with E-state index in [1.165, 1.54) is 6.42 Å². The van der Waals surface area contributed by atoms with Crippen molar-refractivity contribution in [3.63, 3.8) is 0 Å². The van der Waals surface area contributed by atoms with Crippen LogP contribution in [0.4, 0.5) is 5.82 Å². The lowest BCUT2D eigenvalue weighted by molar-refractivity contribution is -0.133. The zero-order valence-corrected chi connectivity index (χ0v) is 15.8. The van der Waals surface area contributed by atoms with Crippen molar-refractivity contribution in [1.82, 2.24) is 24.7 Å². The van der Waals surface area contributed by atoms with E-state index in [2.05, 4.69) is 19.8 Å². The molecular formula is C20H28N6O. The van der Waals surface area contributed by atoms with Crippen molar-refractivity contribution in [3.05, 3.63) is 30.1 Å². The van der Waals surface area contributed by atoms with Crippen LogP contribution < -0.4 is 5.73 Å². The van der Waals surface area contributed by atoms with Crippen LogP contribution in [0.25, 0.3) is 10.9 Å². The molecule has 1 aromatic carbocycles. The summed E-state index contributed by atoms with van der Waals surface area (Å²) in [6.07, 6.45) is 3.55. The fourth-order valence-electron chi connectivity index (χ4n) is 3.96. The van der Waals surface area contributed by atoms with Gasteiger partial charge in [-0.1, -0.05) is 12.1 Å². The number of piperazine rings is 1. The molecule has 4 rings (SSSR count). The van der Waals surface area contributed by atoms with Crippen molar-refractivity contribution in [2.24, 2.45) is 0 Å². The Hall–Kier alpha value is -2.25. The first-order valence-corrected chi connectivity index (χ1v) is 9.93. The van der Waals surface area contributed by atoms with E-state index in [1.807, 2.05) is 29.2 Å². The molecule has 2 fully saturated rings. The maximum Gasteiger partial charge on any atom is 0.236 e. The maximum atomic E-state index is 12.4. The van der Waals surface area contributed by atoms with E-state index in [9.17, 15) is 4.79 Å². The van der Waals surface area contributed by atoms with Crippen molar-refractivity contribution in [3.8, 4) is 0 Å². The summed E-state index contributed by atoms with van der Waals surface area (Å²) in [6, 6.07) is 7.84. The molecule has 144 valence electrons. The Bertz CT molecular complexity index is 796. The number of nitrogen functional groups attached to an aromatic ring is 1. The fraction of sp³-hybridized carbons (Fsp3) is 0.550. The summed E-state index contributed by atoms with van der Waals surface area (Å²) < 4.78 is 0. The summed E-state index contributed by atoms with van der Waals surface area (Å²) in [4.78, 5) is 28.2. The summed E-state index contributed by atoms with van der Waals surface area (Å²) in [5, 5.41) is 0.905. The van der Waals surface area contributed by atoms with Crippen LogP contribution in [0.5, 0.6) is 0 Å². The number of benzene rings is 1. The Kier molecular flexibility index (Phi) is 5.50. The second-order valence-electron chi connectivity index (χ2n) is 7.54. The smallest absolute Gasteiger partial charge is 0.236 e.